The number of ether oxygens (including phenoxy) is 1. The number of hydrogen-bond donors (Lipinski definition) is 1. The lowest BCUT2D eigenvalue weighted by atomic mass is 9.78. The zero-order chi connectivity index (χ0) is 26.9. The molecule has 38 heavy (non-hydrogen) atoms. The van der Waals surface area contributed by atoms with Crippen molar-refractivity contribution in [3.8, 4) is 5.75 Å². The van der Waals surface area contributed by atoms with Gasteiger partial charge in [0.1, 0.15) is 0 Å². The number of amides is 3. The summed E-state index contributed by atoms with van der Waals surface area (Å²) in [6, 6.07) is 13.8. The Morgan fingerprint density at radius 1 is 1.05 bits per heavy atom. The van der Waals surface area contributed by atoms with Crippen LogP contribution in [0.15, 0.2) is 46.9 Å². The number of nitrogens with one attached hydrogen (secondary N) is 1. The summed E-state index contributed by atoms with van der Waals surface area (Å²) < 4.78 is 11.3. The summed E-state index contributed by atoms with van der Waals surface area (Å²) in [6.07, 6.45) is 4.72. The smallest absolute Gasteiger partial charge is 0.321 e. The van der Waals surface area contributed by atoms with Crippen LogP contribution in [-0.2, 0) is 6.42 Å². The number of para-hydroxylation sites is 2. The summed E-state index contributed by atoms with van der Waals surface area (Å²) in [5, 5.41) is 4.14. The van der Waals surface area contributed by atoms with Crippen molar-refractivity contribution in [1.29, 1.82) is 0 Å². The molecule has 202 valence electrons. The standard InChI is InChI=1S/C31H39N3O4/c1-5-8-22-9-6-11-24(21(2)3)27(22)32-30(36)34-18-15-31(20-34)13-16-33(17-14-31)29(35)26-19-23-10-7-12-25(37-4)28(23)38-26/h6-7,9-12,19,21H,5,8,13-18,20H2,1-4H3,(H,32,36). The molecule has 3 heterocycles. The van der Waals surface area contributed by atoms with E-state index < -0.39 is 0 Å². The highest BCUT2D eigenvalue weighted by atomic mass is 16.5. The molecule has 1 spiro atoms. The summed E-state index contributed by atoms with van der Waals surface area (Å²) >= 11 is 0. The van der Waals surface area contributed by atoms with Gasteiger partial charge in [0.05, 0.1) is 7.11 Å². The molecule has 7 nitrogen and oxygen atoms in total. The van der Waals surface area contributed by atoms with Crippen molar-refractivity contribution < 1.29 is 18.7 Å². The van der Waals surface area contributed by atoms with Gasteiger partial charge in [0.25, 0.3) is 5.91 Å². The van der Waals surface area contributed by atoms with Crippen molar-refractivity contribution in [3.05, 3.63) is 59.4 Å². The second kappa shape index (κ2) is 10.7. The summed E-state index contributed by atoms with van der Waals surface area (Å²) in [5.41, 5.74) is 4.04. The molecule has 2 aliphatic heterocycles. The van der Waals surface area contributed by atoms with Crippen LogP contribution in [0, 0.1) is 5.41 Å². The molecule has 2 saturated heterocycles. The van der Waals surface area contributed by atoms with Gasteiger partial charge in [0.15, 0.2) is 17.1 Å². The molecule has 2 fully saturated rings. The number of carbonyl (C=O) groups excluding carboxylic acids is 2. The van der Waals surface area contributed by atoms with E-state index in [9.17, 15) is 9.59 Å². The monoisotopic (exact) mass is 517 g/mol. The number of likely N-dealkylation sites (tertiary alicyclic amines) is 2. The van der Waals surface area contributed by atoms with E-state index in [4.69, 9.17) is 9.15 Å². The summed E-state index contributed by atoms with van der Waals surface area (Å²) in [6.45, 7) is 9.31. The highest BCUT2D eigenvalue weighted by molar-refractivity contribution is 5.97. The van der Waals surface area contributed by atoms with Crippen LogP contribution < -0.4 is 10.1 Å². The fourth-order valence-corrected chi connectivity index (χ4v) is 6.08. The first-order chi connectivity index (χ1) is 18.3. The first-order valence-electron chi connectivity index (χ1n) is 13.9. The predicted octanol–water partition coefficient (Wildman–Crippen LogP) is 6.68. The topological polar surface area (TPSA) is 75.0 Å². The highest BCUT2D eigenvalue weighted by Crippen LogP contribution is 2.41. The summed E-state index contributed by atoms with van der Waals surface area (Å²) in [4.78, 5) is 30.5. The maximum atomic E-state index is 13.4. The fraction of sp³-hybridized carbons (Fsp3) is 0.484. The van der Waals surface area contributed by atoms with E-state index in [0.29, 0.717) is 36.1 Å². The van der Waals surface area contributed by atoms with Gasteiger partial charge in [-0.15, -0.1) is 0 Å². The van der Waals surface area contributed by atoms with Crippen LogP contribution in [0.25, 0.3) is 11.0 Å². The number of carbonyl (C=O) groups is 2. The number of nitrogens with zero attached hydrogens (tertiary/aromatic N) is 2. The number of furan rings is 1. The zero-order valence-corrected chi connectivity index (χ0v) is 23.0. The normalized spacial score (nSPS) is 17.0. The third-order valence-corrected chi connectivity index (χ3v) is 8.33. The van der Waals surface area contributed by atoms with Gasteiger partial charge in [-0.2, -0.15) is 0 Å². The maximum absolute atomic E-state index is 13.4. The molecule has 0 radical (unpaired) electrons. The molecule has 3 aromatic rings. The Bertz CT molecular complexity index is 1320. The first-order valence-corrected chi connectivity index (χ1v) is 13.9. The molecule has 7 heteroatoms. The lowest BCUT2D eigenvalue weighted by Crippen LogP contribution is -2.45. The number of hydrogen-bond acceptors (Lipinski definition) is 4. The van der Waals surface area contributed by atoms with Gasteiger partial charge in [0, 0.05) is 37.3 Å². The third-order valence-electron chi connectivity index (χ3n) is 8.33. The van der Waals surface area contributed by atoms with Crippen LogP contribution in [0.5, 0.6) is 5.75 Å². The van der Waals surface area contributed by atoms with Crippen LogP contribution in [0.2, 0.25) is 0 Å². The van der Waals surface area contributed by atoms with Gasteiger partial charge in [-0.25, -0.2) is 4.79 Å². The quantitative estimate of drug-likeness (QED) is 0.396. The van der Waals surface area contributed by atoms with Gasteiger partial charge in [0.2, 0.25) is 0 Å². The van der Waals surface area contributed by atoms with Gasteiger partial charge in [-0.1, -0.05) is 57.5 Å². The first kappa shape index (κ1) is 26.1. The van der Waals surface area contributed by atoms with Gasteiger partial charge in [-0.3, -0.25) is 4.79 Å². The molecular formula is C31H39N3O4. The van der Waals surface area contributed by atoms with Gasteiger partial charge in [-0.05, 0) is 60.3 Å². The minimum Gasteiger partial charge on any atom is -0.493 e. The SMILES string of the molecule is CCCc1cccc(C(C)C)c1NC(=O)N1CCC2(CCN(C(=O)c3cc4cccc(OC)c4o3)CC2)C1. The third kappa shape index (κ3) is 4.98. The molecule has 0 atom stereocenters. The number of anilines is 1. The highest BCUT2D eigenvalue weighted by Gasteiger charge is 2.43. The summed E-state index contributed by atoms with van der Waals surface area (Å²) in [5.74, 6) is 1.22. The average molecular weight is 518 g/mol. The number of benzene rings is 2. The number of aryl methyl sites for hydroxylation is 1. The molecule has 0 saturated carbocycles. The molecule has 0 bridgehead atoms. The average Bonchev–Trinajstić information content (AvgIpc) is 3.54. The van der Waals surface area contributed by atoms with E-state index in [2.05, 4.69) is 44.3 Å². The van der Waals surface area contributed by atoms with Crippen molar-refractivity contribution in [2.75, 3.05) is 38.6 Å². The number of fused-ring (bicyclic) bond motifs is 1. The van der Waals surface area contributed by atoms with Crippen molar-refractivity contribution in [3.63, 3.8) is 0 Å². The van der Waals surface area contributed by atoms with E-state index in [1.807, 2.05) is 28.0 Å². The minimum atomic E-state index is -0.0838. The lowest BCUT2D eigenvalue weighted by molar-refractivity contribution is 0.0567. The van der Waals surface area contributed by atoms with E-state index in [1.54, 1.807) is 13.2 Å². The molecule has 0 aliphatic carbocycles. The summed E-state index contributed by atoms with van der Waals surface area (Å²) in [7, 11) is 1.60. The number of urea groups is 1. The lowest BCUT2D eigenvalue weighted by Gasteiger charge is -2.39. The number of methoxy groups -OCH3 is 1. The molecule has 0 unspecified atom stereocenters. The minimum absolute atomic E-state index is 0.0120. The molecule has 3 amide bonds. The largest absolute Gasteiger partial charge is 0.493 e. The second-order valence-electron chi connectivity index (χ2n) is 11.2. The molecule has 2 aromatic carbocycles. The Kier molecular flexibility index (Phi) is 7.37. The van der Waals surface area contributed by atoms with Gasteiger partial charge >= 0.3 is 6.03 Å². The van der Waals surface area contributed by atoms with Crippen molar-refractivity contribution in [1.82, 2.24) is 9.80 Å². The second-order valence-corrected chi connectivity index (χ2v) is 11.2. The Hall–Kier alpha value is -3.48. The fourth-order valence-electron chi connectivity index (χ4n) is 6.08. The van der Waals surface area contributed by atoms with Crippen LogP contribution in [0.3, 0.4) is 0 Å². The van der Waals surface area contributed by atoms with E-state index in [-0.39, 0.29) is 17.4 Å². The Morgan fingerprint density at radius 2 is 1.76 bits per heavy atom. The Labute approximate surface area is 225 Å². The van der Waals surface area contributed by atoms with Gasteiger partial charge < -0.3 is 24.3 Å². The van der Waals surface area contributed by atoms with Crippen LogP contribution >= 0.6 is 0 Å². The Balaban J connectivity index is 1.22. The molecule has 1 aromatic heterocycles. The van der Waals surface area contributed by atoms with Crippen molar-refractivity contribution >= 4 is 28.6 Å². The van der Waals surface area contributed by atoms with Crippen LogP contribution in [0.4, 0.5) is 10.5 Å². The van der Waals surface area contributed by atoms with E-state index >= 15 is 0 Å². The number of rotatable bonds is 6. The van der Waals surface area contributed by atoms with E-state index in [1.165, 1.54) is 11.1 Å². The Morgan fingerprint density at radius 3 is 2.45 bits per heavy atom. The van der Waals surface area contributed by atoms with Crippen molar-refractivity contribution in [2.24, 2.45) is 5.41 Å². The molecule has 5 rings (SSSR count). The maximum Gasteiger partial charge on any atom is 0.321 e. The molecule has 2 aliphatic rings. The van der Waals surface area contributed by atoms with Crippen molar-refractivity contribution in [2.45, 2.75) is 58.8 Å². The predicted molar refractivity (Wildman–Crippen MR) is 150 cm³/mol. The van der Waals surface area contributed by atoms with Crippen LogP contribution in [-0.4, -0.2) is 55.0 Å². The zero-order valence-electron chi connectivity index (χ0n) is 23.0. The molecular weight excluding hydrogens is 478 g/mol. The van der Waals surface area contributed by atoms with Crippen LogP contribution in [0.1, 0.15) is 74.1 Å². The molecule has 1 N–H and O–H groups in total. The number of piperidine rings is 1. The van der Waals surface area contributed by atoms with E-state index in [0.717, 1.165) is 56.3 Å².